The lowest BCUT2D eigenvalue weighted by Gasteiger charge is -2.32. The van der Waals surface area contributed by atoms with E-state index >= 15 is 0 Å². The second-order valence-electron chi connectivity index (χ2n) is 5.26. The summed E-state index contributed by atoms with van der Waals surface area (Å²) in [5.41, 5.74) is 0.652. The molecule has 0 saturated carbocycles. The Kier molecular flexibility index (Phi) is 5.64. The number of hydrogen-bond acceptors (Lipinski definition) is 3. The van der Waals surface area contributed by atoms with Gasteiger partial charge in [0.1, 0.15) is 0 Å². The second-order valence-corrected chi connectivity index (χ2v) is 5.69. The van der Waals surface area contributed by atoms with Crippen LogP contribution in [0.15, 0.2) is 24.3 Å². The highest BCUT2D eigenvalue weighted by Gasteiger charge is 2.28. The molecule has 0 spiro atoms. The van der Waals surface area contributed by atoms with E-state index in [2.05, 4.69) is 5.32 Å². The number of hydrogen-bond donors (Lipinski definition) is 2. The number of piperidine rings is 1. The van der Waals surface area contributed by atoms with Crippen molar-refractivity contribution < 1.29 is 9.84 Å². The third kappa shape index (κ3) is 5.11. The van der Waals surface area contributed by atoms with Gasteiger partial charge in [-0.25, -0.2) is 0 Å². The van der Waals surface area contributed by atoms with Crippen molar-refractivity contribution in [2.75, 3.05) is 19.7 Å². The summed E-state index contributed by atoms with van der Waals surface area (Å²) in [6.45, 7) is 3.14. The van der Waals surface area contributed by atoms with Gasteiger partial charge in [0.2, 0.25) is 0 Å². The molecule has 1 heterocycles. The Morgan fingerprint density at radius 1 is 1.21 bits per heavy atom. The zero-order valence-electron chi connectivity index (χ0n) is 11.2. The summed E-state index contributed by atoms with van der Waals surface area (Å²) in [6.07, 6.45) is 3.44. The van der Waals surface area contributed by atoms with Crippen LogP contribution in [-0.2, 0) is 11.3 Å². The van der Waals surface area contributed by atoms with Crippen LogP contribution in [0.1, 0.15) is 31.2 Å². The van der Waals surface area contributed by atoms with Crippen molar-refractivity contribution in [3.8, 4) is 0 Å². The summed E-state index contributed by atoms with van der Waals surface area (Å²) < 4.78 is 5.63. The SMILES string of the molecule is OC1(CCCOCc2ccc(Cl)cc2)CCNCC1. The van der Waals surface area contributed by atoms with Gasteiger partial charge in [0.15, 0.2) is 0 Å². The quantitative estimate of drug-likeness (QED) is 0.789. The Morgan fingerprint density at radius 2 is 1.89 bits per heavy atom. The predicted molar refractivity (Wildman–Crippen MR) is 77.4 cm³/mol. The minimum atomic E-state index is -0.477. The highest BCUT2D eigenvalue weighted by Crippen LogP contribution is 2.23. The summed E-state index contributed by atoms with van der Waals surface area (Å²) in [4.78, 5) is 0. The smallest absolute Gasteiger partial charge is 0.0716 e. The highest BCUT2D eigenvalue weighted by atomic mass is 35.5. The molecule has 4 heteroatoms. The summed E-state index contributed by atoms with van der Waals surface area (Å²) in [5, 5.41) is 14.3. The molecule has 1 fully saturated rings. The lowest BCUT2D eigenvalue weighted by atomic mass is 9.88. The number of halogens is 1. The molecule has 0 aliphatic carbocycles. The molecule has 1 aliphatic rings. The monoisotopic (exact) mass is 283 g/mol. The van der Waals surface area contributed by atoms with Crippen molar-refractivity contribution >= 4 is 11.6 Å². The Balaban J connectivity index is 1.60. The van der Waals surface area contributed by atoms with Gasteiger partial charge in [-0.2, -0.15) is 0 Å². The lowest BCUT2D eigenvalue weighted by molar-refractivity contribution is -0.00748. The minimum absolute atomic E-state index is 0.477. The topological polar surface area (TPSA) is 41.5 Å². The number of aliphatic hydroxyl groups is 1. The molecule has 0 radical (unpaired) electrons. The van der Waals surface area contributed by atoms with Gasteiger partial charge in [-0.05, 0) is 56.5 Å². The van der Waals surface area contributed by atoms with E-state index in [-0.39, 0.29) is 0 Å². The van der Waals surface area contributed by atoms with E-state index in [4.69, 9.17) is 16.3 Å². The largest absolute Gasteiger partial charge is 0.390 e. The first-order valence-electron chi connectivity index (χ1n) is 6.93. The van der Waals surface area contributed by atoms with Crippen molar-refractivity contribution in [1.29, 1.82) is 0 Å². The van der Waals surface area contributed by atoms with Crippen LogP contribution in [0.5, 0.6) is 0 Å². The van der Waals surface area contributed by atoms with Crippen LogP contribution in [0.4, 0.5) is 0 Å². The van der Waals surface area contributed by atoms with E-state index in [0.29, 0.717) is 13.2 Å². The van der Waals surface area contributed by atoms with Crippen LogP contribution in [0.25, 0.3) is 0 Å². The fourth-order valence-electron chi connectivity index (χ4n) is 2.42. The first-order chi connectivity index (χ1) is 9.18. The number of ether oxygens (including phenoxy) is 1. The second kappa shape index (κ2) is 7.25. The van der Waals surface area contributed by atoms with E-state index in [1.165, 1.54) is 0 Å². The number of rotatable bonds is 6. The normalized spacial score (nSPS) is 18.4. The molecule has 0 aromatic heterocycles. The van der Waals surface area contributed by atoms with Gasteiger partial charge in [0.05, 0.1) is 12.2 Å². The molecule has 0 bridgehead atoms. The van der Waals surface area contributed by atoms with Crippen molar-refractivity contribution in [2.45, 2.75) is 37.9 Å². The highest BCUT2D eigenvalue weighted by molar-refractivity contribution is 6.30. The zero-order valence-corrected chi connectivity index (χ0v) is 12.0. The molecule has 1 aliphatic heterocycles. The Hall–Kier alpha value is -0.610. The van der Waals surface area contributed by atoms with E-state index in [9.17, 15) is 5.11 Å². The lowest BCUT2D eigenvalue weighted by Crippen LogP contribution is -2.41. The average Bonchev–Trinajstić information content (AvgIpc) is 2.41. The average molecular weight is 284 g/mol. The standard InChI is InChI=1S/C15H22ClNO2/c16-14-4-2-13(3-5-14)12-19-11-1-6-15(18)7-9-17-10-8-15/h2-5,17-18H,1,6-12H2. The van der Waals surface area contributed by atoms with E-state index in [0.717, 1.165) is 49.4 Å². The summed E-state index contributed by atoms with van der Waals surface area (Å²) in [7, 11) is 0. The summed E-state index contributed by atoms with van der Waals surface area (Å²) >= 11 is 5.82. The van der Waals surface area contributed by atoms with Gasteiger partial charge in [-0.3, -0.25) is 0 Å². The molecule has 19 heavy (non-hydrogen) atoms. The molecule has 2 N–H and O–H groups in total. The van der Waals surface area contributed by atoms with Gasteiger partial charge >= 0.3 is 0 Å². The zero-order chi connectivity index (χ0) is 13.6. The number of nitrogens with one attached hydrogen (secondary N) is 1. The molecular weight excluding hydrogens is 262 g/mol. The molecule has 0 amide bonds. The molecule has 2 rings (SSSR count). The molecule has 0 unspecified atom stereocenters. The Labute approximate surface area is 119 Å². The van der Waals surface area contributed by atoms with E-state index < -0.39 is 5.60 Å². The fourth-order valence-corrected chi connectivity index (χ4v) is 2.54. The molecule has 3 nitrogen and oxygen atoms in total. The van der Waals surface area contributed by atoms with Crippen LogP contribution in [0.3, 0.4) is 0 Å². The van der Waals surface area contributed by atoms with Crippen LogP contribution in [-0.4, -0.2) is 30.4 Å². The predicted octanol–water partition coefficient (Wildman–Crippen LogP) is 2.75. The van der Waals surface area contributed by atoms with Crippen LogP contribution >= 0.6 is 11.6 Å². The van der Waals surface area contributed by atoms with Crippen molar-refractivity contribution in [3.05, 3.63) is 34.9 Å². The molecular formula is C15H22ClNO2. The van der Waals surface area contributed by atoms with Gasteiger partial charge in [0.25, 0.3) is 0 Å². The third-order valence-corrected chi connectivity index (χ3v) is 3.90. The van der Waals surface area contributed by atoms with Crippen LogP contribution in [0, 0.1) is 0 Å². The van der Waals surface area contributed by atoms with Crippen molar-refractivity contribution in [1.82, 2.24) is 5.32 Å². The Bertz CT molecular complexity index is 374. The van der Waals surface area contributed by atoms with Gasteiger partial charge in [-0.15, -0.1) is 0 Å². The molecule has 1 aromatic carbocycles. The first-order valence-corrected chi connectivity index (χ1v) is 7.31. The molecule has 1 aromatic rings. The van der Waals surface area contributed by atoms with Crippen molar-refractivity contribution in [3.63, 3.8) is 0 Å². The van der Waals surface area contributed by atoms with E-state index in [1.807, 2.05) is 24.3 Å². The van der Waals surface area contributed by atoms with Crippen molar-refractivity contribution in [2.24, 2.45) is 0 Å². The minimum Gasteiger partial charge on any atom is -0.390 e. The van der Waals surface area contributed by atoms with Crippen LogP contribution in [0.2, 0.25) is 5.02 Å². The maximum absolute atomic E-state index is 10.3. The number of benzene rings is 1. The van der Waals surface area contributed by atoms with Gasteiger partial charge in [0, 0.05) is 11.6 Å². The third-order valence-electron chi connectivity index (χ3n) is 3.65. The van der Waals surface area contributed by atoms with Gasteiger partial charge in [-0.1, -0.05) is 23.7 Å². The maximum Gasteiger partial charge on any atom is 0.0716 e. The molecule has 0 atom stereocenters. The maximum atomic E-state index is 10.3. The Morgan fingerprint density at radius 3 is 2.58 bits per heavy atom. The van der Waals surface area contributed by atoms with E-state index in [1.54, 1.807) is 0 Å². The fraction of sp³-hybridized carbons (Fsp3) is 0.600. The molecule has 106 valence electrons. The van der Waals surface area contributed by atoms with Gasteiger partial charge < -0.3 is 15.2 Å². The van der Waals surface area contributed by atoms with Crippen LogP contribution < -0.4 is 5.32 Å². The summed E-state index contributed by atoms with van der Waals surface area (Å²) in [5.74, 6) is 0. The first kappa shape index (κ1) is 14.8. The molecule has 1 saturated heterocycles. The summed E-state index contributed by atoms with van der Waals surface area (Å²) in [6, 6.07) is 7.70.